The molecule has 0 aliphatic carbocycles. The molecule has 140 valence electrons. The third-order valence-corrected chi connectivity index (χ3v) is 3.76. The van der Waals surface area contributed by atoms with E-state index in [2.05, 4.69) is 20.4 Å². The Labute approximate surface area is 152 Å². The molecule has 0 bridgehead atoms. The minimum Gasteiger partial charge on any atom is -0.465 e. The van der Waals surface area contributed by atoms with E-state index in [-0.39, 0.29) is 0 Å². The summed E-state index contributed by atoms with van der Waals surface area (Å²) in [7, 11) is 1.31. The molecule has 0 saturated heterocycles. The fourth-order valence-electron chi connectivity index (χ4n) is 2.38. The molecule has 9 heteroatoms. The molecular formula is C18H15F3N4O2. The summed E-state index contributed by atoms with van der Waals surface area (Å²) in [6, 6.07) is 11.4. The Kier molecular flexibility index (Phi) is 5.11. The molecule has 0 radical (unpaired) electrons. The van der Waals surface area contributed by atoms with Crippen molar-refractivity contribution in [3.63, 3.8) is 0 Å². The lowest BCUT2D eigenvalue weighted by Crippen LogP contribution is -2.05. The summed E-state index contributed by atoms with van der Waals surface area (Å²) in [5.41, 5.74) is 1.43. The monoisotopic (exact) mass is 376 g/mol. The third kappa shape index (κ3) is 4.43. The summed E-state index contributed by atoms with van der Waals surface area (Å²) in [4.78, 5) is 11.5. The number of ether oxygens (including phenoxy) is 1. The van der Waals surface area contributed by atoms with Gasteiger partial charge in [0.15, 0.2) is 0 Å². The molecule has 6 nitrogen and oxygen atoms in total. The first-order chi connectivity index (χ1) is 12.9. The van der Waals surface area contributed by atoms with Crippen molar-refractivity contribution in [3.8, 4) is 5.69 Å². The quantitative estimate of drug-likeness (QED) is 0.688. The Bertz CT molecular complexity index is 936. The van der Waals surface area contributed by atoms with Gasteiger partial charge in [0.05, 0.1) is 36.7 Å². The number of esters is 1. The number of hydrogen-bond donors (Lipinski definition) is 1. The van der Waals surface area contributed by atoms with Crippen LogP contribution in [-0.4, -0.2) is 28.1 Å². The number of alkyl halides is 3. The van der Waals surface area contributed by atoms with Crippen LogP contribution in [-0.2, 0) is 17.5 Å². The molecule has 0 unspecified atom stereocenters. The Morgan fingerprint density at radius 2 is 1.93 bits per heavy atom. The lowest BCUT2D eigenvalue weighted by atomic mass is 10.2. The van der Waals surface area contributed by atoms with Crippen LogP contribution in [0.25, 0.3) is 5.69 Å². The van der Waals surface area contributed by atoms with Crippen LogP contribution in [0.1, 0.15) is 21.6 Å². The van der Waals surface area contributed by atoms with Gasteiger partial charge in [-0.05, 0) is 42.5 Å². The highest BCUT2D eigenvalue weighted by Crippen LogP contribution is 2.29. The van der Waals surface area contributed by atoms with Crippen molar-refractivity contribution in [1.82, 2.24) is 15.0 Å². The van der Waals surface area contributed by atoms with Crippen molar-refractivity contribution >= 4 is 11.7 Å². The summed E-state index contributed by atoms with van der Waals surface area (Å²) >= 11 is 0. The maximum Gasteiger partial charge on any atom is 0.416 e. The molecule has 0 fully saturated rings. The zero-order valence-corrected chi connectivity index (χ0v) is 14.2. The van der Waals surface area contributed by atoms with E-state index in [1.54, 1.807) is 30.5 Å². The van der Waals surface area contributed by atoms with Crippen molar-refractivity contribution in [3.05, 3.63) is 71.5 Å². The largest absolute Gasteiger partial charge is 0.465 e. The van der Waals surface area contributed by atoms with Crippen molar-refractivity contribution in [1.29, 1.82) is 0 Å². The van der Waals surface area contributed by atoms with Crippen LogP contribution in [0.4, 0.5) is 18.9 Å². The maximum absolute atomic E-state index is 12.6. The number of nitrogens with zero attached hydrogens (tertiary/aromatic N) is 3. The molecule has 3 rings (SSSR count). The number of aromatic nitrogens is 3. The highest BCUT2D eigenvalue weighted by Gasteiger charge is 2.30. The first-order valence-corrected chi connectivity index (χ1v) is 7.88. The van der Waals surface area contributed by atoms with Crippen molar-refractivity contribution in [2.24, 2.45) is 0 Å². The maximum atomic E-state index is 12.6. The second-order valence-corrected chi connectivity index (χ2v) is 5.63. The topological polar surface area (TPSA) is 69.0 Å². The molecular weight excluding hydrogens is 361 g/mol. The van der Waals surface area contributed by atoms with E-state index < -0.39 is 17.7 Å². The van der Waals surface area contributed by atoms with E-state index in [1.165, 1.54) is 23.9 Å². The van der Waals surface area contributed by atoms with Gasteiger partial charge in [0.2, 0.25) is 0 Å². The zero-order chi connectivity index (χ0) is 19.4. The lowest BCUT2D eigenvalue weighted by Gasteiger charge is -2.07. The van der Waals surface area contributed by atoms with Gasteiger partial charge >= 0.3 is 12.1 Å². The Morgan fingerprint density at radius 1 is 1.19 bits per heavy atom. The van der Waals surface area contributed by atoms with Gasteiger partial charge in [-0.2, -0.15) is 13.2 Å². The van der Waals surface area contributed by atoms with Crippen LogP contribution < -0.4 is 5.32 Å². The number of methoxy groups -OCH3 is 1. The van der Waals surface area contributed by atoms with Gasteiger partial charge in [0.1, 0.15) is 5.69 Å². The number of carbonyl (C=O) groups excluding carboxylic acids is 1. The minimum absolute atomic E-state index is 0.325. The normalized spacial score (nSPS) is 11.3. The summed E-state index contributed by atoms with van der Waals surface area (Å²) < 4.78 is 43.9. The molecule has 1 heterocycles. The number of carbonyl (C=O) groups is 1. The van der Waals surface area contributed by atoms with E-state index in [1.807, 2.05) is 0 Å². The van der Waals surface area contributed by atoms with Crippen LogP contribution in [0.15, 0.2) is 54.7 Å². The summed E-state index contributed by atoms with van der Waals surface area (Å²) in [6.07, 6.45) is -2.77. The molecule has 0 atom stereocenters. The number of benzene rings is 2. The van der Waals surface area contributed by atoms with E-state index in [9.17, 15) is 18.0 Å². The van der Waals surface area contributed by atoms with Gasteiger partial charge in [0, 0.05) is 5.69 Å². The molecule has 1 N–H and O–H groups in total. The standard InChI is InChI=1S/C18H15F3N4O2/c1-27-17(26)12-3-2-4-14(9-12)22-10-15-11-25(24-23-15)16-7-5-13(6-8-16)18(19,20)21/h2-9,11,22H,10H2,1H3. The molecule has 27 heavy (non-hydrogen) atoms. The molecule has 0 spiro atoms. The molecule has 2 aromatic carbocycles. The van der Waals surface area contributed by atoms with E-state index in [4.69, 9.17) is 0 Å². The summed E-state index contributed by atoms with van der Waals surface area (Å²) in [5.74, 6) is -0.438. The number of anilines is 1. The average molecular weight is 376 g/mol. The lowest BCUT2D eigenvalue weighted by molar-refractivity contribution is -0.137. The molecule has 0 saturated carbocycles. The van der Waals surface area contributed by atoms with E-state index >= 15 is 0 Å². The highest BCUT2D eigenvalue weighted by atomic mass is 19.4. The summed E-state index contributed by atoms with van der Waals surface area (Å²) in [6.45, 7) is 0.325. The van der Waals surface area contributed by atoms with Crippen molar-refractivity contribution < 1.29 is 22.7 Å². The molecule has 1 aromatic heterocycles. The number of rotatable bonds is 5. The second kappa shape index (κ2) is 7.48. The summed E-state index contributed by atoms with van der Waals surface area (Å²) in [5, 5.41) is 11.0. The fourth-order valence-corrected chi connectivity index (χ4v) is 2.38. The SMILES string of the molecule is COC(=O)c1cccc(NCc2cn(-c3ccc(C(F)(F)F)cc3)nn2)c1. The molecule has 0 amide bonds. The Balaban J connectivity index is 1.67. The first kappa shape index (κ1) is 18.4. The number of nitrogens with one attached hydrogen (secondary N) is 1. The number of halogens is 3. The molecule has 3 aromatic rings. The Hall–Kier alpha value is -3.36. The van der Waals surface area contributed by atoms with E-state index in [0.29, 0.717) is 29.2 Å². The third-order valence-electron chi connectivity index (χ3n) is 3.76. The minimum atomic E-state index is -4.38. The zero-order valence-electron chi connectivity index (χ0n) is 14.2. The average Bonchev–Trinajstić information content (AvgIpc) is 3.14. The second-order valence-electron chi connectivity index (χ2n) is 5.63. The predicted molar refractivity (Wildman–Crippen MR) is 91.5 cm³/mol. The van der Waals surface area contributed by atoms with Crippen LogP contribution in [0.3, 0.4) is 0 Å². The number of hydrogen-bond acceptors (Lipinski definition) is 5. The fraction of sp³-hybridized carbons (Fsp3) is 0.167. The molecule has 0 aliphatic rings. The first-order valence-electron chi connectivity index (χ1n) is 7.88. The smallest absolute Gasteiger partial charge is 0.416 e. The van der Waals surface area contributed by atoms with Gasteiger partial charge in [0.25, 0.3) is 0 Å². The van der Waals surface area contributed by atoms with Crippen LogP contribution in [0.2, 0.25) is 0 Å². The van der Waals surface area contributed by atoms with Gasteiger partial charge < -0.3 is 10.1 Å². The van der Waals surface area contributed by atoms with Crippen molar-refractivity contribution in [2.75, 3.05) is 12.4 Å². The predicted octanol–water partition coefficient (Wildman–Crippen LogP) is 3.68. The van der Waals surface area contributed by atoms with E-state index in [0.717, 1.165) is 12.1 Å². The van der Waals surface area contributed by atoms with Gasteiger partial charge in [-0.3, -0.25) is 0 Å². The van der Waals surface area contributed by atoms with Crippen LogP contribution in [0.5, 0.6) is 0 Å². The van der Waals surface area contributed by atoms with Crippen molar-refractivity contribution in [2.45, 2.75) is 12.7 Å². The molecule has 0 aliphatic heterocycles. The van der Waals surface area contributed by atoms with Gasteiger partial charge in [-0.1, -0.05) is 11.3 Å². The van der Waals surface area contributed by atoms with Crippen LogP contribution in [0, 0.1) is 0 Å². The van der Waals surface area contributed by atoms with Gasteiger partial charge in [-0.25, -0.2) is 9.48 Å². The van der Waals surface area contributed by atoms with Crippen LogP contribution >= 0.6 is 0 Å². The van der Waals surface area contributed by atoms with Gasteiger partial charge in [-0.15, -0.1) is 5.10 Å². The Morgan fingerprint density at radius 3 is 2.59 bits per heavy atom. The highest BCUT2D eigenvalue weighted by molar-refractivity contribution is 5.90.